The number of nitrogens with one attached hydrogen (secondary N) is 1. The van der Waals surface area contributed by atoms with Crippen LogP contribution >= 0.6 is 11.6 Å². The van der Waals surface area contributed by atoms with Gasteiger partial charge in [0, 0.05) is 53.9 Å². The molecule has 3 aromatic carbocycles. The molecule has 4 atom stereocenters. The molecule has 55 heavy (non-hydrogen) atoms. The Morgan fingerprint density at radius 1 is 1.02 bits per heavy atom. The topological polar surface area (TPSA) is 153 Å². The molecule has 12 nitrogen and oxygen atoms in total. The molecule has 2 heterocycles. The summed E-state index contributed by atoms with van der Waals surface area (Å²) in [7, 11) is -1.79. The molecule has 1 saturated heterocycles. The lowest BCUT2D eigenvalue weighted by atomic mass is 9.85. The number of benzene rings is 3. The first kappa shape index (κ1) is 41.4. The van der Waals surface area contributed by atoms with Gasteiger partial charge in [0.05, 0.1) is 30.8 Å². The second-order valence-electron chi connectivity index (χ2n) is 12.6. The summed E-state index contributed by atoms with van der Waals surface area (Å²) in [5.41, 5.74) is 7.49. The molecule has 1 aliphatic heterocycles. The van der Waals surface area contributed by atoms with Gasteiger partial charge < -0.3 is 25.3 Å². The molecule has 1 aliphatic rings. The molecule has 0 bridgehead atoms. The highest BCUT2D eigenvalue weighted by atomic mass is 35.5. The van der Waals surface area contributed by atoms with Crippen molar-refractivity contribution in [2.45, 2.75) is 55.1 Å². The first-order chi connectivity index (χ1) is 26.0. The molecule has 1 fully saturated rings. The maximum absolute atomic E-state index is 15.8. The fourth-order valence-corrected chi connectivity index (χ4v) is 8.55. The van der Waals surface area contributed by atoms with Crippen LogP contribution in [0.4, 0.5) is 28.0 Å². The van der Waals surface area contributed by atoms with Crippen LogP contribution in [0.3, 0.4) is 0 Å². The third-order valence-corrected chi connectivity index (χ3v) is 11.4. The van der Waals surface area contributed by atoms with Crippen molar-refractivity contribution in [2.75, 3.05) is 32.2 Å². The lowest BCUT2D eigenvalue weighted by Gasteiger charge is -2.40. The fourth-order valence-electron chi connectivity index (χ4n) is 6.57. The summed E-state index contributed by atoms with van der Waals surface area (Å²) in [6.07, 6.45) is -4.80. The number of sulfonamides is 1. The highest BCUT2D eigenvalue weighted by molar-refractivity contribution is 7.89. The number of carbonyl (C=O) groups excluding carboxylic acids is 2. The summed E-state index contributed by atoms with van der Waals surface area (Å²) in [6.45, 7) is 2.06. The first-order valence-corrected chi connectivity index (χ1v) is 18.7. The van der Waals surface area contributed by atoms with E-state index in [1.54, 1.807) is 43.3 Å². The number of nitrogens with zero attached hydrogens (tertiary/aromatic N) is 3. The normalized spacial score (nSPS) is 17.5. The molecule has 294 valence electrons. The largest absolute Gasteiger partial charge is 0.573 e. The lowest BCUT2D eigenvalue weighted by molar-refractivity contribution is -0.274. The molecular formula is C37H38ClF4N5O7S. The van der Waals surface area contributed by atoms with Crippen molar-refractivity contribution in [3.8, 4) is 11.6 Å². The molecule has 3 N–H and O–H groups in total. The number of nitrogens with two attached hydrogens (primary N) is 1. The smallest absolute Gasteiger partial charge is 0.481 e. The van der Waals surface area contributed by atoms with Gasteiger partial charge in [-0.15, -0.1) is 13.2 Å². The summed E-state index contributed by atoms with van der Waals surface area (Å²) in [5.74, 6) is -2.89. The minimum atomic E-state index is -4.96. The van der Waals surface area contributed by atoms with Crippen LogP contribution in [0.25, 0.3) is 0 Å². The van der Waals surface area contributed by atoms with E-state index < -0.39 is 64.0 Å². The number of amides is 2. The number of hydrogen-bond acceptors (Lipinski definition) is 10. The van der Waals surface area contributed by atoms with Crippen LogP contribution < -0.4 is 25.4 Å². The quantitative estimate of drug-likeness (QED) is 0.163. The predicted octanol–water partition coefficient (Wildman–Crippen LogP) is 6.02. The minimum absolute atomic E-state index is 0.0000538. The van der Waals surface area contributed by atoms with Gasteiger partial charge in [0.2, 0.25) is 15.9 Å². The van der Waals surface area contributed by atoms with Gasteiger partial charge >= 0.3 is 12.5 Å². The average Bonchev–Trinajstić information content (AvgIpc) is 3.15. The van der Waals surface area contributed by atoms with Crippen LogP contribution in [-0.4, -0.2) is 81.5 Å². The second kappa shape index (κ2) is 17.3. The summed E-state index contributed by atoms with van der Waals surface area (Å²) in [6, 6.07) is 14.6. The Bertz CT molecular complexity index is 2080. The number of hydrogen-bond donors (Lipinski definition) is 2. The van der Waals surface area contributed by atoms with Gasteiger partial charge in [0.25, 0.3) is 5.91 Å². The van der Waals surface area contributed by atoms with Crippen LogP contribution in [0.5, 0.6) is 11.6 Å². The monoisotopic (exact) mass is 807 g/mol. The highest BCUT2D eigenvalue weighted by Crippen LogP contribution is 2.34. The highest BCUT2D eigenvalue weighted by Gasteiger charge is 2.40. The number of imide groups is 1. The summed E-state index contributed by atoms with van der Waals surface area (Å²) >= 11 is 6.14. The van der Waals surface area contributed by atoms with E-state index in [0.717, 1.165) is 37.4 Å². The van der Waals surface area contributed by atoms with Gasteiger partial charge in [0.15, 0.2) is 0 Å². The number of pyridine rings is 1. The number of carbonyl (C=O) groups is 2. The second-order valence-corrected chi connectivity index (χ2v) is 14.9. The number of rotatable bonds is 12. The van der Waals surface area contributed by atoms with E-state index in [0.29, 0.717) is 26.9 Å². The Kier molecular flexibility index (Phi) is 13.0. The van der Waals surface area contributed by atoms with Crippen molar-refractivity contribution in [1.29, 1.82) is 0 Å². The van der Waals surface area contributed by atoms with Crippen LogP contribution in [0.1, 0.15) is 36.0 Å². The van der Waals surface area contributed by atoms with E-state index in [4.69, 9.17) is 26.8 Å². The maximum atomic E-state index is 15.8. The van der Waals surface area contributed by atoms with Crippen LogP contribution in [0.2, 0.25) is 5.02 Å². The standard InChI is InChI=1S/C37H38ClF4N5O7S/c1-22-19-44-21-26(47(22)55(50,51)28-15-13-27(14-16-28)54-37(40,41)42)12-17-29-30(39)5-4-6-31(29)46(36(49)53-3)35(48)34(43)33(23-7-10-25(38)11-8-23)24-9-18-32(52-2)45-20-24/h4-11,13-16,18,20,22,26,33-34,44H,12,17,19,21,43H2,1-3H3/t22-,26-,33-,34-/m0/s1. The van der Waals surface area contributed by atoms with E-state index in [9.17, 15) is 31.2 Å². The predicted molar refractivity (Wildman–Crippen MR) is 195 cm³/mol. The molecule has 1 aromatic heterocycles. The van der Waals surface area contributed by atoms with E-state index in [1.807, 2.05) is 0 Å². The van der Waals surface area contributed by atoms with Crippen molar-refractivity contribution < 1.29 is 49.8 Å². The van der Waals surface area contributed by atoms with Gasteiger partial charge in [-0.2, -0.15) is 4.31 Å². The number of methoxy groups -OCH3 is 2. The van der Waals surface area contributed by atoms with Crippen LogP contribution in [0, 0.1) is 5.82 Å². The molecule has 5 rings (SSSR count). The third-order valence-electron chi connectivity index (χ3n) is 9.09. The van der Waals surface area contributed by atoms with E-state index >= 15 is 4.39 Å². The Morgan fingerprint density at radius 2 is 1.69 bits per heavy atom. The zero-order valence-electron chi connectivity index (χ0n) is 29.8. The molecule has 0 saturated carbocycles. The average molecular weight is 808 g/mol. The zero-order chi connectivity index (χ0) is 40.1. The number of anilines is 1. The number of ether oxygens (including phenoxy) is 3. The van der Waals surface area contributed by atoms with Crippen LogP contribution in [-0.2, 0) is 26.0 Å². The van der Waals surface area contributed by atoms with Crippen molar-refractivity contribution in [1.82, 2.24) is 14.6 Å². The van der Waals surface area contributed by atoms with Gasteiger partial charge in [-0.25, -0.2) is 27.5 Å². The summed E-state index contributed by atoms with van der Waals surface area (Å²) in [4.78, 5) is 32.5. The SMILES string of the molecule is COC(=O)N(C(=O)[C@@H](N)[C@@H](c1ccc(Cl)cc1)c1ccc(OC)nc1)c1cccc(F)c1CC[C@H]1CNC[C@H](C)N1S(=O)(=O)c1ccc(OC(F)(F)F)cc1. The number of alkyl halides is 3. The van der Waals surface area contributed by atoms with Gasteiger partial charge in [-0.3, -0.25) is 4.79 Å². The van der Waals surface area contributed by atoms with Crippen molar-refractivity contribution in [3.63, 3.8) is 0 Å². The third kappa shape index (κ3) is 9.53. The fraction of sp³-hybridized carbons (Fsp3) is 0.324. The Hall–Kier alpha value is -4.81. The molecule has 0 spiro atoms. The summed E-state index contributed by atoms with van der Waals surface area (Å²) in [5, 5.41) is 3.58. The van der Waals surface area contributed by atoms with Crippen molar-refractivity contribution in [2.24, 2.45) is 5.73 Å². The Labute approximate surface area is 320 Å². The van der Waals surface area contributed by atoms with Crippen molar-refractivity contribution >= 4 is 39.3 Å². The summed E-state index contributed by atoms with van der Waals surface area (Å²) < 4.78 is 97.1. The molecule has 0 radical (unpaired) electrons. The van der Waals surface area contributed by atoms with Crippen molar-refractivity contribution in [3.05, 3.63) is 113 Å². The maximum Gasteiger partial charge on any atom is 0.573 e. The lowest BCUT2D eigenvalue weighted by Crippen LogP contribution is -2.58. The van der Waals surface area contributed by atoms with Gasteiger partial charge in [0.1, 0.15) is 11.6 Å². The molecule has 4 aromatic rings. The minimum Gasteiger partial charge on any atom is -0.481 e. The number of halogens is 5. The van der Waals surface area contributed by atoms with E-state index in [1.165, 1.54) is 29.7 Å². The molecular weight excluding hydrogens is 770 g/mol. The molecule has 18 heteroatoms. The van der Waals surface area contributed by atoms with Crippen LogP contribution in [0.15, 0.2) is 90.0 Å². The van der Waals surface area contributed by atoms with Gasteiger partial charge in [-0.05, 0) is 79.4 Å². The molecule has 0 unspecified atom stereocenters. The van der Waals surface area contributed by atoms with Gasteiger partial charge in [-0.1, -0.05) is 35.9 Å². The molecule has 0 aliphatic carbocycles. The van der Waals surface area contributed by atoms with E-state index in [2.05, 4.69) is 15.0 Å². The molecule has 2 amide bonds. The van der Waals surface area contributed by atoms with E-state index in [-0.39, 0.29) is 42.1 Å². The number of piperazine rings is 1. The Morgan fingerprint density at radius 3 is 2.29 bits per heavy atom. The first-order valence-electron chi connectivity index (χ1n) is 16.9. The number of aromatic nitrogens is 1. The zero-order valence-corrected chi connectivity index (χ0v) is 31.4. The Balaban J connectivity index is 1.47.